The lowest BCUT2D eigenvalue weighted by atomic mass is 10.1. The van der Waals surface area contributed by atoms with Crippen LogP contribution >= 0.6 is 11.8 Å². The number of sulfonamides is 1. The number of ether oxygens (including phenoxy) is 1. The Morgan fingerprint density at radius 1 is 1.24 bits per heavy atom. The van der Waals surface area contributed by atoms with E-state index in [0.717, 1.165) is 30.1 Å². The number of fused-ring (bicyclic) bond motifs is 1. The van der Waals surface area contributed by atoms with Crippen molar-refractivity contribution in [2.45, 2.75) is 62.1 Å². The van der Waals surface area contributed by atoms with E-state index in [1.165, 1.54) is 16.1 Å². The Morgan fingerprint density at radius 2 is 2.03 bits per heavy atom. The number of imidazole rings is 1. The molecule has 3 aromatic rings. The normalized spacial score (nSPS) is 16.8. The van der Waals surface area contributed by atoms with E-state index in [-0.39, 0.29) is 16.8 Å². The van der Waals surface area contributed by atoms with Crippen molar-refractivity contribution in [3.05, 3.63) is 53.3 Å². The highest BCUT2D eigenvalue weighted by Crippen LogP contribution is 2.31. The molecule has 2 aromatic carbocycles. The molecule has 4 rings (SSSR count). The monoisotopic (exact) mass is 491 g/mol. The van der Waals surface area contributed by atoms with Crippen molar-refractivity contribution in [1.82, 2.24) is 13.9 Å². The Bertz CT molecular complexity index is 1230. The standard InChI is InChI=1S/C24H30FN3O3S2/c1-4-27(5-2)33(29,30)20-11-12-22-21(14-20)26-24(28(22)15-19-10-7-13-31-19)32-16-18-9-6-8-17(3)23(18)25/h6,8-9,11-12,14,19H,4-5,7,10,13,15-16H2,1-3H3/t19-/m0/s1. The van der Waals surface area contributed by atoms with Gasteiger partial charge < -0.3 is 9.30 Å². The van der Waals surface area contributed by atoms with Crippen LogP contribution < -0.4 is 0 Å². The summed E-state index contributed by atoms with van der Waals surface area (Å²) in [7, 11) is -3.58. The van der Waals surface area contributed by atoms with Crippen LogP contribution in [-0.2, 0) is 27.1 Å². The summed E-state index contributed by atoms with van der Waals surface area (Å²) in [6.07, 6.45) is 2.10. The van der Waals surface area contributed by atoms with Gasteiger partial charge in [0.2, 0.25) is 10.0 Å². The molecule has 1 saturated heterocycles. The third-order valence-electron chi connectivity index (χ3n) is 6.07. The Labute approximate surface area is 199 Å². The Morgan fingerprint density at radius 3 is 2.73 bits per heavy atom. The molecule has 1 aliphatic heterocycles. The summed E-state index contributed by atoms with van der Waals surface area (Å²) >= 11 is 1.46. The second kappa shape index (κ2) is 10.1. The number of aromatic nitrogens is 2. The topological polar surface area (TPSA) is 64.4 Å². The maximum Gasteiger partial charge on any atom is 0.243 e. The van der Waals surface area contributed by atoms with Crippen molar-refractivity contribution in [1.29, 1.82) is 0 Å². The van der Waals surface area contributed by atoms with Crippen LogP contribution in [0.3, 0.4) is 0 Å². The van der Waals surface area contributed by atoms with Crippen molar-refractivity contribution in [3.8, 4) is 0 Å². The molecule has 2 heterocycles. The van der Waals surface area contributed by atoms with Gasteiger partial charge in [0.1, 0.15) is 5.82 Å². The molecule has 0 amide bonds. The zero-order valence-corrected chi connectivity index (χ0v) is 20.9. The minimum absolute atomic E-state index is 0.0940. The van der Waals surface area contributed by atoms with Crippen LogP contribution in [0.15, 0.2) is 46.5 Å². The predicted molar refractivity (Wildman–Crippen MR) is 130 cm³/mol. The van der Waals surface area contributed by atoms with E-state index in [2.05, 4.69) is 4.57 Å². The van der Waals surface area contributed by atoms with Gasteiger partial charge in [0, 0.05) is 25.4 Å². The van der Waals surface area contributed by atoms with Gasteiger partial charge in [-0.15, -0.1) is 0 Å². The lowest BCUT2D eigenvalue weighted by Gasteiger charge is -2.18. The molecule has 1 aliphatic rings. The minimum Gasteiger partial charge on any atom is -0.376 e. The van der Waals surface area contributed by atoms with Gasteiger partial charge in [-0.3, -0.25) is 0 Å². The quantitative estimate of drug-likeness (QED) is 0.395. The number of hydrogen-bond donors (Lipinski definition) is 0. The van der Waals surface area contributed by atoms with Crippen LogP contribution in [0.1, 0.15) is 37.8 Å². The summed E-state index contributed by atoms with van der Waals surface area (Å²) in [6.45, 7) is 7.62. The molecule has 0 radical (unpaired) electrons. The smallest absolute Gasteiger partial charge is 0.243 e. The van der Waals surface area contributed by atoms with Gasteiger partial charge in [-0.05, 0) is 49.1 Å². The molecule has 1 fully saturated rings. The lowest BCUT2D eigenvalue weighted by molar-refractivity contribution is 0.0960. The van der Waals surface area contributed by atoms with E-state index in [9.17, 15) is 12.8 Å². The van der Waals surface area contributed by atoms with Crippen LogP contribution in [0.4, 0.5) is 4.39 Å². The van der Waals surface area contributed by atoms with Gasteiger partial charge in [-0.1, -0.05) is 43.8 Å². The average molecular weight is 492 g/mol. The number of thioether (sulfide) groups is 1. The molecular formula is C24H30FN3O3S2. The SMILES string of the molecule is CCN(CC)S(=O)(=O)c1ccc2c(c1)nc(SCc1cccc(C)c1F)n2C[C@@H]1CCCO1. The third-order valence-corrected chi connectivity index (χ3v) is 9.14. The van der Waals surface area contributed by atoms with Crippen LogP contribution in [0.2, 0.25) is 0 Å². The first-order valence-electron chi connectivity index (χ1n) is 11.3. The Balaban J connectivity index is 1.71. The Hall–Kier alpha value is -1.94. The molecular weight excluding hydrogens is 461 g/mol. The predicted octanol–water partition coefficient (Wildman–Crippen LogP) is 4.99. The van der Waals surface area contributed by atoms with Crippen molar-refractivity contribution < 1.29 is 17.5 Å². The van der Waals surface area contributed by atoms with Crippen molar-refractivity contribution >= 4 is 32.8 Å². The zero-order chi connectivity index (χ0) is 23.6. The molecule has 9 heteroatoms. The average Bonchev–Trinajstić information content (AvgIpc) is 3.43. The van der Waals surface area contributed by atoms with Crippen LogP contribution in [0.25, 0.3) is 11.0 Å². The summed E-state index contributed by atoms with van der Waals surface area (Å²) in [5.74, 6) is 0.242. The molecule has 0 saturated carbocycles. The summed E-state index contributed by atoms with van der Waals surface area (Å²) in [4.78, 5) is 5.01. The fourth-order valence-corrected chi connectivity index (χ4v) is 6.68. The summed E-state index contributed by atoms with van der Waals surface area (Å²) in [6, 6.07) is 10.5. The summed E-state index contributed by atoms with van der Waals surface area (Å²) in [5.41, 5.74) is 2.72. The number of rotatable bonds is 9. The third kappa shape index (κ3) is 4.96. The molecule has 0 bridgehead atoms. The zero-order valence-electron chi connectivity index (χ0n) is 19.3. The van der Waals surface area contributed by atoms with E-state index < -0.39 is 10.0 Å². The van der Waals surface area contributed by atoms with Gasteiger partial charge in [0.25, 0.3) is 0 Å². The highest BCUT2D eigenvalue weighted by Gasteiger charge is 2.25. The van der Waals surface area contributed by atoms with Gasteiger partial charge in [-0.25, -0.2) is 17.8 Å². The first kappa shape index (κ1) is 24.2. The van der Waals surface area contributed by atoms with Crippen molar-refractivity contribution in [2.75, 3.05) is 19.7 Å². The Kier molecular flexibility index (Phi) is 7.43. The summed E-state index contributed by atoms with van der Waals surface area (Å²) < 4.78 is 49.9. The van der Waals surface area contributed by atoms with E-state index >= 15 is 0 Å². The second-order valence-corrected chi connectivity index (χ2v) is 11.1. The minimum atomic E-state index is -3.58. The highest BCUT2D eigenvalue weighted by molar-refractivity contribution is 7.98. The number of nitrogens with zero attached hydrogens (tertiary/aromatic N) is 3. The molecule has 33 heavy (non-hydrogen) atoms. The van der Waals surface area contributed by atoms with Gasteiger partial charge in [-0.2, -0.15) is 4.31 Å². The largest absolute Gasteiger partial charge is 0.376 e. The maximum absolute atomic E-state index is 14.5. The van der Waals surface area contributed by atoms with Crippen LogP contribution in [-0.4, -0.2) is 48.1 Å². The summed E-state index contributed by atoms with van der Waals surface area (Å²) in [5, 5.41) is 0.735. The van der Waals surface area contributed by atoms with Gasteiger partial charge >= 0.3 is 0 Å². The number of benzene rings is 2. The van der Waals surface area contributed by atoms with Gasteiger partial charge in [0.05, 0.1) is 28.6 Å². The van der Waals surface area contributed by atoms with Crippen molar-refractivity contribution in [2.24, 2.45) is 0 Å². The lowest BCUT2D eigenvalue weighted by Crippen LogP contribution is -2.30. The molecule has 0 unspecified atom stereocenters. The van der Waals surface area contributed by atoms with E-state index in [1.807, 2.05) is 26.0 Å². The second-order valence-electron chi connectivity index (χ2n) is 8.22. The first-order valence-corrected chi connectivity index (χ1v) is 13.8. The fourth-order valence-electron chi connectivity index (χ4n) is 4.20. The number of aryl methyl sites for hydroxylation is 1. The first-order chi connectivity index (χ1) is 15.8. The number of halogens is 1. The molecule has 0 spiro atoms. The van der Waals surface area contributed by atoms with E-state index in [4.69, 9.17) is 9.72 Å². The molecule has 178 valence electrons. The fraction of sp³-hybridized carbons (Fsp3) is 0.458. The van der Waals surface area contributed by atoms with E-state index in [0.29, 0.717) is 42.0 Å². The van der Waals surface area contributed by atoms with Crippen molar-refractivity contribution in [3.63, 3.8) is 0 Å². The molecule has 0 N–H and O–H groups in total. The van der Waals surface area contributed by atoms with Crippen LogP contribution in [0, 0.1) is 12.7 Å². The van der Waals surface area contributed by atoms with Gasteiger partial charge in [0.15, 0.2) is 5.16 Å². The molecule has 1 aromatic heterocycles. The maximum atomic E-state index is 14.5. The highest BCUT2D eigenvalue weighted by atomic mass is 32.2. The van der Waals surface area contributed by atoms with E-state index in [1.54, 1.807) is 31.2 Å². The number of hydrogen-bond acceptors (Lipinski definition) is 5. The molecule has 1 atom stereocenters. The van der Waals surface area contributed by atoms with Crippen LogP contribution in [0.5, 0.6) is 0 Å². The molecule has 6 nitrogen and oxygen atoms in total. The molecule has 0 aliphatic carbocycles.